The molecule has 0 aliphatic heterocycles. The van der Waals surface area contributed by atoms with Crippen LogP contribution in [0.4, 0.5) is 0 Å². The zero-order valence-corrected chi connectivity index (χ0v) is 38.5. The van der Waals surface area contributed by atoms with E-state index in [9.17, 15) is 0 Å². The van der Waals surface area contributed by atoms with Gasteiger partial charge in [-0.25, -0.2) is 15.0 Å². The lowest BCUT2D eigenvalue weighted by Gasteiger charge is -2.18. The average Bonchev–Trinajstić information content (AvgIpc) is 3.79. The largest absolute Gasteiger partial charge is 0.309 e. The summed E-state index contributed by atoms with van der Waals surface area (Å²) < 4.78 is 2.39. The maximum absolute atomic E-state index is 5.72. The van der Waals surface area contributed by atoms with Crippen molar-refractivity contribution in [3.05, 3.63) is 255 Å². The lowest BCUT2D eigenvalue weighted by Crippen LogP contribution is -1.98. The summed E-state index contributed by atoms with van der Waals surface area (Å²) in [5.74, 6) is 0.700. The number of fused-ring (bicyclic) bond motifs is 9. The van der Waals surface area contributed by atoms with Crippen LogP contribution >= 0.6 is 0 Å². The number of rotatable bonds is 7. The van der Waals surface area contributed by atoms with Crippen LogP contribution in [-0.4, -0.2) is 19.5 Å². The Kier molecular flexibility index (Phi) is 9.49. The molecule has 0 fully saturated rings. The molecule has 14 aromatic rings. The van der Waals surface area contributed by atoms with Crippen LogP contribution in [0.5, 0.6) is 0 Å². The predicted molar refractivity (Wildman–Crippen MR) is 297 cm³/mol. The van der Waals surface area contributed by atoms with Gasteiger partial charge in [0.1, 0.15) is 0 Å². The summed E-state index contributed by atoms with van der Waals surface area (Å²) in [6, 6.07) is 90.9. The van der Waals surface area contributed by atoms with Crippen LogP contribution in [0, 0.1) is 0 Å². The summed E-state index contributed by atoms with van der Waals surface area (Å²) in [6.07, 6.45) is 0. The van der Waals surface area contributed by atoms with E-state index in [0.717, 1.165) is 94.3 Å². The highest BCUT2D eigenvalue weighted by Crippen LogP contribution is 2.47. The zero-order chi connectivity index (χ0) is 46.8. The summed E-state index contributed by atoms with van der Waals surface area (Å²) in [5, 5.41) is 10.5. The number of hydrogen-bond donors (Lipinski definition) is 0. The van der Waals surface area contributed by atoms with Crippen molar-refractivity contribution in [3.63, 3.8) is 0 Å². The highest BCUT2D eigenvalue weighted by Gasteiger charge is 2.23. The number of pyridine rings is 1. The SMILES string of the molecule is c1ccc(-c2cc(-c3c4ccccc4c(-c4ccc(-c5cccc6c5nc(-c5ccccc5)c5c6ccc6c5c5ccccc5n6-c5ccccc5)cc4)c4ccccc34)nc(-c3ccccc3)n2)cc1. The van der Waals surface area contributed by atoms with Crippen LogP contribution in [-0.2, 0) is 0 Å². The molecule has 11 aromatic carbocycles. The lowest BCUT2D eigenvalue weighted by atomic mass is 9.86. The first-order valence-electron chi connectivity index (χ1n) is 24.2. The van der Waals surface area contributed by atoms with Crippen molar-refractivity contribution in [1.82, 2.24) is 19.5 Å². The molecule has 4 heteroatoms. The monoisotopic (exact) mass is 902 g/mol. The Morgan fingerprint density at radius 2 is 0.803 bits per heavy atom. The second kappa shape index (κ2) is 16.6. The van der Waals surface area contributed by atoms with Crippen LogP contribution in [0.15, 0.2) is 255 Å². The molecule has 0 radical (unpaired) electrons. The molecule has 0 aliphatic rings. The molecule has 0 N–H and O–H groups in total. The van der Waals surface area contributed by atoms with Gasteiger partial charge in [-0.1, -0.05) is 224 Å². The van der Waals surface area contributed by atoms with E-state index < -0.39 is 0 Å². The van der Waals surface area contributed by atoms with E-state index in [1.807, 2.05) is 24.3 Å². The van der Waals surface area contributed by atoms with Gasteiger partial charge in [0.2, 0.25) is 0 Å². The van der Waals surface area contributed by atoms with Crippen molar-refractivity contribution < 1.29 is 0 Å². The maximum atomic E-state index is 5.72. The molecule has 0 spiro atoms. The van der Waals surface area contributed by atoms with Gasteiger partial charge in [0.05, 0.1) is 33.6 Å². The summed E-state index contributed by atoms with van der Waals surface area (Å²) >= 11 is 0. The minimum absolute atomic E-state index is 0.700. The van der Waals surface area contributed by atoms with E-state index in [4.69, 9.17) is 15.0 Å². The number of para-hydroxylation sites is 3. The van der Waals surface area contributed by atoms with Gasteiger partial charge >= 0.3 is 0 Å². The number of aromatic nitrogens is 4. The molecule has 4 nitrogen and oxygen atoms in total. The summed E-state index contributed by atoms with van der Waals surface area (Å²) in [7, 11) is 0. The molecule has 0 saturated heterocycles. The standard InChI is InChI=1S/C67H42N4/c1-5-20-44(21-6-1)57-42-58(69-67(68-57)47-24-9-3-10-25-47)62-52-30-15-13-28-50(52)61(51-29-14-16-31-53(51)62)45-38-36-43(37-39-45)49-33-19-34-55-54-40-41-60-63(64(54)65(70-66(49)55)46-22-7-2-8-23-46)56-32-17-18-35-59(56)71(60)48-26-11-4-12-27-48/h1-42H. The fraction of sp³-hybridized carbons (Fsp3) is 0. The quantitative estimate of drug-likeness (QED) is 0.118. The van der Waals surface area contributed by atoms with Gasteiger partial charge in [0, 0.05) is 55.0 Å². The van der Waals surface area contributed by atoms with Crippen LogP contribution in [0.25, 0.3) is 138 Å². The van der Waals surface area contributed by atoms with E-state index in [-0.39, 0.29) is 0 Å². The lowest BCUT2D eigenvalue weighted by molar-refractivity contribution is 1.18. The fourth-order valence-electron chi connectivity index (χ4n) is 11.1. The maximum Gasteiger partial charge on any atom is 0.160 e. The number of hydrogen-bond acceptors (Lipinski definition) is 3. The number of benzene rings is 11. The van der Waals surface area contributed by atoms with E-state index in [1.54, 1.807) is 0 Å². The Morgan fingerprint density at radius 3 is 1.46 bits per heavy atom. The van der Waals surface area contributed by atoms with Gasteiger partial charge in [-0.05, 0) is 74.0 Å². The molecular weight excluding hydrogens is 861 g/mol. The van der Waals surface area contributed by atoms with Crippen molar-refractivity contribution in [2.24, 2.45) is 0 Å². The topological polar surface area (TPSA) is 43.6 Å². The molecule has 0 aliphatic carbocycles. The minimum Gasteiger partial charge on any atom is -0.309 e. The van der Waals surface area contributed by atoms with Gasteiger partial charge in [-0.2, -0.15) is 0 Å². The molecule has 3 heterocycles. The molecule has 0 amide bonds. The Morgan fingerprint density at radius 1 is 0.282 bits per heavy atom. The molecule has 0 unspecified atom stereocenters. The molecule has 330 valence electrons. The van der Waals surface area contributed by atoms with Gasteiger partial charge in [-0.15, -0.1) is 0 Å². The van der Waals surface area contributed by atoms with E-state index in [0.29, 0.717) is 5.82 Å². The van der Waals surface area contributed by atoms with Crippen LogP contribution in [0.3, 0.4) is 0 Å². The first-order valence-corrected chi connectivity index (χ1v) is 24.2. The van der Waals surface area contributed by atoms with Crippen LogP contribution in [0.2, 0.25) is 0 Å². The molecule has 14 rings (SSSR count). The number of nitrogens with zero attached hydrogens (tertiary/aromatic N) is 4. The van der Waals surface area contributed by atoms with E-state index >= 15 is 0 Å². The Balaban J connectivity index is 0.954. The Labute approximate surface area is 410 Å². The normalized spacial score (nSPS) is 11.7. The Bertz CT molecular complexity index is 4240. The van der Waals surface area contributed by atoms with Crippen molar-refractivity contribution in [1.29, 1.82) is 0 Å². The van der Waals surface area contributed by atoms with E-state index in [1.165, 1.54) is 38.0 Å². The minimum atomic E-state index is 0.700. The van der Waals surface area contributed by atoms with E-state index in [2.05, 4.69) is 235 Å². The van der Waals surface area contributed by atoms with Crippen molar-refractivity contribution in [3.8, 4) is 73.1 Å². The summed E-state index contributed by atoms with van der Waals surface area (Å²) in [6.45, 7) is 0. The average molecular weight is 903 g/mol. The smallest absolute Gasteiger partial charge is 0.160 e. The predicted octanol–water partition coefficient (Wildman–Crippen LogP) is 17.6. The van der Waals surface area contributed by atoms with Gasteiger partial charge in [-0.3, -0.25) is 0 Å². The molecule has 0 saturated carbocycles. The summed E-state index contributed by atoms with van der Waals surface area (Å²) in [5.41, 5.74) is 16.0. The molecule has 3 aromatic heterocycles. The molecule has 0 bridgehead atoms. The van der Waals surface area contributed by atoms with Crippen molar-refractivity contribution in [2.45, 2.75) is 0 Å². The Hall–Kier alpha value is -9.51. The molecule has 71 heavy (non-hydrogen) atoms. The molecule has 0 atom stereocenters. The van der Waals surface area contributed by atoms with Crippen molar-refractivity contribution >= 4 is 65.0 Å². The van der Waals surface area contributed by atoms with Crippen LogP contribution in [0.1, 0.15) is 0 Å². The summed E-state index contributed by atoms with van der Waals surface area (Å²) in [4.78, 5) is 16.2. The second-order valence-electron chi connectivity index (χ2n) is 18.2. The third kappa shape index (κ3) is 6.64. The first-order chi connectivity index (χ1) is 35.2. The van der Waals surface area contributed by atoms with Gasteiger partial charge in [0.15, 0.2) is 5.82 Å². The van der Waals surface area contributed by atoms with Crippen LogP contribution < -0.4 is 0 Å². The molecular formula is C67H42N4. The third-order valence-corrected chi connectivity index (χ3v) is 14.2. The highest BCUT2D eigenvalue weighted by atomic mass is 15.0. The first kappa shape index (κ1) is 40.5. The second-order valence-corrected chi connectivity index (χ2v) is 18.2. The van der Waals surface area contributed by atoms with Gasteiger partial charge in [0.25, 0.3) is 0 Å². The van der Waals surface area contributed by atoms with Gasteiger partial charge < -0.3 is 4.57 Å². The third-order valence-electron chi connectivity index (χ3n) is 14.2. The van der Waals surface area contributed by atoms with Crippen molar-refractivity contribution in [2.75, 3.05) is 0 Å². The fourth-order valence-corrected chi connectivity index (χ4v) is 11.1. The highest BCUT2D eigenvalue weighted by molar-refractivity contribution is 6.29. The zero-order valence-electron chi connectivity index (χ0n) is 38.5.